The summed E-state index contributed by atoms with van der Waals surface area (Å²) in [6.07, 6.45) is 5.54. The summed E-state index contributed by atoms with van der Waals surface area (Å²) in [5, 5.41) is 15.7. The van der Waals surface area contributed by atoms with Crippen LogP contribution in [0, 0.1) is 0 Å². The minimum absolute atomic E-state index is 0.327. The Morgan fingerprint density at radius 2 is 2.38 bits per heavy atom. The van der Waals surface area contributed by atoms with Crippen molar-refractivity contribution in [3.05, 3.63) is 0 Å². The minimum atomic E-state index is 0.327. The smallest absolute Gasteiger partial charge is 0.139 e. The van der Waals surface area contributed by atoms with Crippen molar-refractivity contribution in [2.24, 2.45) is 10.9 Å². The van der Waals surface area contributed by atoms with Crippen molar-refractivity contribution in [1.82, 2.24) is 5.32 Å². The summed E-state index contributed by atoms with van der Waals surface area (Å²) in [6, 6.07) is 0.677. The molecular formula is C11H23N3OS. The topological polar surface area (TPSA) is 70.6 Å². The summed E-state index contributed by atoms with van der Waals surface area (Å²) in [4.78, 5) is 0. The molecule has 2 unspecified atom stereocenters. The van der Waals surface area contributed by atoms with Crippen LogP contribution < -0.4 is 11.1 Å². The predicted octanol–water partition coefficient (Wildman–Crippen LogP) is 1.78. The molecular weight excluding hydrogens is 222 g/mol. The third-order valence-electron chi connectivity index (χ3n) is 2.96. The van der Waals surface area contributed by atoms with E-state index in [-0.39, 0.29) is 0 Å². The summed E-state index contributed by atoms with van der Waals surface area (Å²) < 4.78 is 0. The van der Waals surface area contributed by atoms with Crippen LogP contribution in [0.2, 0.25) is 0 Å². The van der Waals surface area contributed by atoms with Crippen molar-refractivity contribution in [3.63, 3.8) is 0 Å². The summed E-state index contributed by atoms with van der Waals surface area (Å²) in [5.41, 5.74) is 5.40. The first kappa shape index (κ1) is 13.6. The Hall–Kier alpha value is -0.420. The molecule has 1 aliphatic rings. The lowest BCUT2D eigenvalue weighted by atomic mass is 10.2. The standard InChI is InChI=1S/C11H23N3OS/c1-2-16-10-6-5-9(8-10)13-7-3-4-11(12)14-15/h9-10,13,15H,2-8H2,1H3,(H2,12,14). The third kappa shape index (κ3) is 5.07. The molecule has 5 heteroatoms. The summed E-state index contributed by atoms with van der Waals surface area (Å²) in [5.74, 6) is 1.55. The van der Waals surface area contributed by atoms with Gasteiger partial charge in [-0.25, -0.2) is 0 Å². The average Bonchev–Trinajstić information content (AvgIpc) is 2.72. The van der Waals surface area contributed by atoms with Crippen LogP contribution in [-0.2, 0) is 0 Å². The van der Waals surface area contributed by atoms with E-state index in [1.807, 2.05) is 0 Å². The summed E-state index contributed by atoms with van der Waals surface area (Å²) in [6.45, 7) is 3.19. The van der Waals surface area contributed by atoms with E-state index in [0.717, 1.165) is 18.2 Å². The Bertz CT molecular complexity index is 223. The molecule has 0 aromatic carbocycles. The van der Waals surface area contributed by atoms with E-state index in [1.54, 1.807) is 0 Å². The van der Waals surface area contributed by atoms with Crippen LogP contribution in [0.1, 0.15) is 39.0 Å². The summed E-state index contributed by atoms with van der Waals surface area (Å²) >= 11 is 2.08. The lowest BCUT2D eigenvalue weighted by Gasteiger charge is -2.12. The number of thioether (sulfide) groups is 1. The maximum atomic E-state index is 8.38. The first-order chi connectivity index (χ1) is 7.76. The quantitative estimate of drug-likeness (QED) is 0.210. The molecule has 1 aliphatic carbocycles. The van der Waals surface area contributed by atoms with Gasteiger partial charge in [0.1, 0.15) is 5.84 Å². The van der Waals surface area contributed by atoms with Crippen LogP contribution >= 0.6 is 11.8 Å². The van der Waals surface area contributed by atoms with Gasteiger partial charge >= 0.3 is 0 Å². The highest BCUT2D eigenvalue weighted by Gasteiger charge is 2.23. The Morgan fingerprint density at radius 1 is 1.56 bits per heavy atom. The number of nitrogens with one attached hydrogen (secondary N) is 1. The first-order valence-corrected chi connectivity index (χ1v) is 7.12. The zero-order valence-corrected chi connectivity index (χ0v) is 10.8. The third-order valence-corrected chi connectivity index (χ3v) is 4.19. The van der Waals surface area contributed by atoms with Crippen molar-refractivity contribution in [2.75, 3.05) is 12.3 Å². The highest BCUT2D eigenvalue weighted by molar-refractivity contribution is 7.99. The SMILES string of the molecule is CCSC1CCC(NCCCC(N)=NO)C1. The van der Waals surface area contributed by atoms with Gasteiger partial charge in [-0.3, -0.25) is 0 Å². The van der Waals surface area contributed by atoms with E-state index < -0.39 is 0 Å². The molecule has 0 saturated heterocycles. The fourth-order valence-electron chi connectivity index (χ4n) is 2.14. The van der Waals surface area contributed by atoms with Gasteiger partial charge in [0.25, 0.3) is 0 Å². The molecule has 4 nitrogen and oxygen atoms in total. The molecule has 4 N–H and O–H groups in total. The molecule has 0 bridgehead atoms. The molecule has 0 radical (unpaired) electrons. The van der Waals surface area contributed by atoms with Gasteiger partial charge in [-0.05, 0) is 38.0 Å². The Morgan fingerprint density at radius 3 is 3.06 bits per heavy atom. The monoisotopic (exact) mass is 245 g/mol. The molecule has 16 heavy (non-hydrogen) atoms. The van der Waals surface area contributed by atoms with E-state index in [9.17, 15) is 0 Å². The van der Waals surface area contributed by atoms with Gasteiger partial charge in [-0.1, -0.05) is 12.1 Å². The fraction of sp³-hybridized carbons (Fsp3) is 0.909. The second-order valence-electron chi connectivity index (χ2n) is 4.24. The maximum absolute atomic E-state index is 8.38. The van der Waals surface area contributed by atoms with Crippen LogP contribution in [0.25, 0.3) is 0 Å². The average molecular weight is 245 g/mol. The predicted molar refractivity (Wildman–Crippen MR) is 70.2 cm³/mol. The van der Waals surface area contributed by atoms with E-state index in [1.165, 1.54) is 25.0 Å². The highest BCUT2D eigenvalue weighted by Crippen LogP contribution is 2.29. The summed E-state index contributed by atoms with van der Waals surface area (Å²) in [7, 11) is 0. The number of oxime groups is 1. The Labute approximate surface area is 102 Å². The molecule has 94 valence electrons. The van der Waals surface area contributed by atoms with Gasteiger partial charge in [0.15, 0.2) is 0 Å². The van der Waals surface area contributed by atoms with Crippen molar-refractivity contribution in [3.8, 4) is 0 Å². The molecule has 1 fully saturated rings. The van der Waals surface area contributed by atoms with Crippen molar-refractivity contribution in [2.45, 2.75) is 50.3 Å². The molecule has 0 amide bonds. The van der Waals surface area contributed by atoms with Crippen molar-refractivity contribution < 1.29 is 5.21 Å². The molecule has 2 atom stereocenters. The molecule has 0 heterocycles. The molecule has 0 aromatic heterocycles. The molecule has 0 aromatic rings. The second-order valence-corrected chi connectivity index (χ2v) is 5.81. The highest BCUT2D eigenvalue weighted by atomic mass is 32.2. The van der Waals surface area contributed by atoms with E-state index in [0.29, 0.717) is 18.3 Å². The molecule has 0 spiro atoms. The largest absolute Gasteiger partial charge is 0.409 e. The van der Waals surface area contributed by atoms with E-state index in [2.05, 4.69) is 29.2 Å². The normalized spacial score (nSPS) is 26.2. The van der Waals surface area contributed by atoms with Crippen LogP contribution in [0.3, 0.4) is 0 Å². The maximum Gasteiger partial charge on any atom is 0.139 e. The zero-order valence-electron chi connectivity index (χ0n) is 9.98. The van der Waals surface area contributed by atoms with Crippen LogP contribution in [0.5, 0.6) is 0 Å². The van der Waals surface area contributed by atoms with Gasteiger partial charge in [0, 0.05) is 17.7 Å². The van der Waals surface area contributed by atoms with Crippen molar-refractivity contribution in [1.29, 1.82) is 0 Å². The lowest BCUT2D eigenvalue weighted by molar-refractivity contribution is 0.316. The molecule has 1 rings (SSSR count). The second kappa shape index (κ2) is 7.79. The van der Waals surface area contributed by atoms with Gasteiger partial charge in [-0.15, -0.1) is 0 Å². The number of hydrogen-bond acceptors (Lipinski definition) is 4. The van der Waals surface area contributed by atoms with Crippen molar-refractivity contribution >= 4 is 17.6 Å². The van der Waals surface area contributed by atoms with E-state index in [4.69, 9.17) is 10.9 Å². The van der Waals surface area contributed by atoms with Crippen LogP contribution in [0.4, 0.5) is 0 Å². The van der Waals surface area contributed by atoms with E-state index >= 15 is 0 Å². The number of nitrogens with two attached hydrogens (primary N) is 1. The molecule has 1 saturated carbocycles. The first-order valence-electron chi connectivity index (χ1n) is 6.07. The Balaban J connectivity index is 2.02. The van der Waals surface area contributed by atoms with Gasteiger partial charge in [0.05, 0.1) is 0 Å². The number of hydrogen-bond donors (Lipinski definition) is 3. The van der Waals surface area contributed by atoms with Crippen LogP contribution in [0.15, 0.2) is 5.16 Å². The van der Waals surface area contributed by atoms with Gasteiger partial charge in [0.2, 0.25) is 0 Å². The fourth-order valence-corrected chi connectivity index (χ4v) is 3.28. The zero-order chi connectivity index (χ0) is 11.8. The van der Waals surface area contributed by atoms with Crippen LogP contribution in [-0.4, -0.2) is 34.6 Å². The number of rotatable bonds is 7. The van der Waals surface area contributed by atoms with Gasteiger partial charge in [-0.2, -0.15) is 11.8 Å². The minimum Gasteiger partial charge on any atom is -0.409 e. The Kier molecular flexibility index (Phi) is 6.64. The number of nitrogens with zero attached hydrogens (tertiary/aromatic N) is 1. The molecule has 0 aliphatic heterocycles. The van der Waals surface area contributed by atoms with Gasteiger partial charge < -0.3 is 16.3 Å². The number of amidine groups is 1. The lowest BCUT2D eigenvalue weighted by Crippen LogP contribution is -2.28.